The minimum atomic E-state index is -0.567. The van der Waals surface area contributed by atoms with E-state index in [1.165, 1.54) is 20.0 Å². The molecule has 2 rings (SSSR count). The molecular formula is C11H10N2O2. The molecule has 0 atom stereocenters. The van der Waals surface area contributed by atoms with Crippen LogP contribution in [0.1, 0.15) is 30.1 Å². The molecule has 0 unspecified atom stereocenters. The Bertz CT molecular complexity index is 424. The van der Waals surface area contributed by atoms with Crippen LogP contribution in [-0.4, -0.2) is 23.3 Å². The van der Waals surface area contributed by atoms with Crippen molar-refractivity contribution in [3.8, 4) is 11.8 Å². The van der Waals surface area contributed by atoms with Gasteiger partial charge in [0, 0.05) is 11.8 Å². The average molecular weight is 202 g/mol. The van der Waals surface area contributed by atoms with Crippen LogP contribution >= 0.6 is 0 Å². The van der Waals surface area contributed by atoms with E-state index in [9.17, 15) is 4.79 Å². The maximum atomic E-state index is 10.7. The fraction of sp³-hybridized carbons (Fsp3) is 0.364. The first-order valence-electron chi connectivity index (χ1n) is 4.73. The van der Waals surface area contributed by atoms with E-state index in [0.717, 1.165) is 5.69 Å². The van der Waals surface area contributed by atoms with Gasteiger partial charge in [-0.05, 0) is 30.9 Å². The number of aromatic nitrogens is 2. The fourth-order valence-electron chi connectivity index (χ4n) is 1.17. The van der Waals surface area contributed by atoms with E-state index in [4.69, 9.17) is 0 Å². The minimum Gasteiger partial charge on any atom is -0.459 e. The smallest absolute Gasteiger partial charge is 0.384 e. The second kappa shape index (κ2) is 4.09. The third-order valence-electron chi connectivity index (χ3n) is 2.16. The van der Waals surface area contributed by atoms with E-state index in [1.807, 2.05) is 6.07 Å². The number of methoxy groups -OCH3 is 1. The summed E-state index contributed by atoms with van der Waals surface area (Å²) in [6, 6.07) is 3.68. The van der Waals surface area contributed by atoms with Crippen molar-refractivity contribution in [1.82, 2.24) is 10.2 Å². The molecule has 0 N–H and O–H groups in total. The Morgan fingerprint density at radius 1 is 1.47 bits per heavy atom. The Morgan fingerprint density at radius 3 is 2.80 bits per heavy atom. The normalized spacial score (nSPS) is 13.9. The molecule has 1 heterocycles. The lowest BCUT2D eigenvalue weighted by molar-refractivity contribution is -0.133. The molecule has 4 heteroatoms. The molecule has 0 bridgehead atoms. The Kier molecular flexibility index (Phi) is 2.64. The highest BCUT2D eigenvalue weighted by Crippen LogP contribution is 2.38. The first-order chi connectivity index (χ1) is 7.29. The van der Waals surface area contributed by atoms with Crippen molar-refractivity contribution < 1.29 is 9.53 Å². The zero-order valence-corrected chi connectivity index (χ0v) is 8.36. The van der Waals surface area contributed by atoms with E-state index in [1.54, 1.807) is 6.07 Å². The number of rotatable bonds is 1. The summed E-state index contributed by atoms with van der Waals surface area (Å²) >= 11 is 0. The summed E-state index contributed by atoms with van der Waals surface area (Å²) in [5.41, 5.74) is 1.50. The summed E-state index contributed by atoms with van der Waals surface area (Å²) in [6.07, 6.45) is 2.39. The van der Waals surface area contributed by atoms with Crippen LogP contribution in [0.5, 0.6) is 0 Å². The van der Waals surface area contributed by atoms with Crippen molar-refractivity contribution in [2.75, 3.05) is 7.11 Å². The van der Waals surface area contributed by atoms with Gasteiger partial charge in [0.2, 0.25) is 0 Å². The summed E-state index contributed by atoms with van der Waals surface area (Å²) in [5.74, 6) is 4.90. The second-order valence-corrected chi connectivity index (χ2v) is 3.36. The summed E-state index contributed by atoms with van der Waals surface area (Å²) in [4.78, 5) is 10.7. The molecule has 0 saturated heterocycles. The van der Waals surface area contributed by atoms with Crippen molar-refractivity contribution in [3.63, 3.8) is 0 Å². The number of carbonyl (C=O) groups is 1. The van der Waals surface area contributed by atoms with Crippen molar-refractivity contribution in [2.24, 2.45) is 0 Å². The van der Waals surface area contributed by atoms with Crippen molar-refractivity contribution in [1.29, 1.82) is 0 Å². The number of ether oxygens (including phenoxy) is 1. The summed E-state index contributed by atoms with van der Waals surface area (Å²) in [7, 11) is 1.29. The van der Waals surface area contributed by atoms with Crippen LogP contribution in [0.15, 0.2) is 12.1 Å². The van der Waals surface area contributed by atoms with Crippen LogP contribution in [0.25, 0.3) is 0 Å². The summed E-state index contributed by atoms with van der Waals surface area (Å²) < 4.78 is 4.38. The number of hydrogen-bond donors (Lipinski definition) is 0. The SMILES string of the molecule is COC(=O)C#Cc1ccc(C2CC2)nn1. The van der Waals surface area contributed by atoms with Gasteiger partial charge in [-0.2, -0.15) is 5.10 Å². The maximum absolute atomic E-state index is 10.7. The first-order valence-corrected chi connectivity index (χ1v) is 4.73. The van der Waals surface area contributed by atoms with Gasteiger partial charge in [-0.25, -0.2) is 4.79 Å². The van der Waals surface area contributed by atoms with Crippen LogP contribution in [0.2, 0.25) is 0 Å². The second-order valence-electron chi connectivity index (χ2n) is 3.36. The third-order valence-corrected chi connectivity index (χ3v) is 2.16. The molecule has 1 aliphatic rings. The molecule has 1 aromatic rings. The zero-order valence-electron chi connectivity index (χ0n) is 8.36. The van der Waals surface area contributed by atoms with Gasteiger partial charge in [-0.15, -0.1) is 5.10 Å². The van der Waals surface area contributed by atoms with E-state index in [-0.39, 0.29) is 0 Å². The number of hydrogen-bond acceptors (Lipinski definition) is 4. The van der Waals surface area contributed by atoms with Crippen molar-refractivity contribution in [2.45, 2.75) is 18.8 Å². The predicted octanol–water partition coefficient (Wildman–Crippen LogP) is 0.878. The van der Waals surface area contributed by atoms with Gasteiger partial charge in [-0.1, -0.05) is 0 Å². The topological polar surface area (TPSA) is 52.1 Å². The molecule has 1 fully saturated rings. The third kappa shape index (κ3) is 2.53. The Morgan fingerprint density at radius 2 is 2.27 bits per heavy atom. The lowest BCUT2D eigenvalue weighted by Crippen LogP contribution is -1.96. The van der Waals surface area contributed by atoms with Crippen LogP contribution < -0.4 is 0 Å². The Hall–Kier alpha value is -1.89. The summed E-state index contributed by atoms with van der Waals surface area (Å²) in [6.45, 7) is 0. The van der Waals surface area contributed by atoms with E-state index >= 15 is 0 Å². The molecule has 0 aromatic carbocycles. The molecule has 0 aliphatic heterocycles. The molecule has 0 amide bonds. The maximum Gasteiger partial charge on any atom is 0.384 e. The number of nitrogens with zero attached hydrogens (tertiary/aromatic N) is 2. The predicted molar refractivity (Wildman–Crippen MR) is 52.9 cm³/mol. The standard InChI is InChI=1S/C11H10N2O2/c1-15-11(14)7-5-9-4-6-10(13-12-9)8-2-3-8/h4,6,8H,2-3H2,1H3. The lowest BCUT2D eigenvalue weighted by atomic mass is 10.2. The largest absolute Gasteiger partial charge is 0.459 e. The highest BCUT2D eigenvalue weighted by Gasteiger charge is 2.24. The Labute approximate surface area is 87.7 Å². The molecule has 1 saturated carbocycles. The first kappa shape index (κ1) is 9.66. The van der Waals surface area contributed by atoms with E-state index in [0.29, 0.717) is 11.6 Å². The molecular weight excluding hydrogens is 192 g/mol. The zero-order chi connectivity index (χ0) is 10.7. The quantitative estimate of drug-likeness (QED) is 0.501. The van der Waals surface area contributed by atoms with Crippen LogP contribution in [0.4, 0.5) is 0 Å². The molecule has 0 radical (unpaired) electrons. The van der Waals surface area contributed by atoms with Gasteiger partial charge in [-0.3, -0.25) is 0 Å². The van der Waals surface area contributed by atoms with Gasteiger partial charge in [0.15, 0.2) is 0 Å². The summed E-state index contributed by atoms with van der Waals surface area (Å²) in [5, 5.41) is 7.95. The number of esters is 1. The minimum absolute atomic E-state index is 0.491. The van der Waals surface area contributed by atoms with E-state index < -0.39 is 5.97 Å². The molecule has 1 aromatic heterocycles. The van der Waals surface area contributed by atoms with Gasteiger partial charge < -0.3 is 4.74 Å². The molecule has 76 valence electrons. The van der Waals surface area contributed by atoms with Gasteiger partial charge in [0.25, 0.3) is 0 Å². The van der Waals surface area contributed by atoms with Crippen molar-refractivity contribution >= 4 is 5.97 Å². The van der Waals surface area contributed by atoms with Crippen LogP contribution in [0.3, 0.4) is 0 Å². The molecule has 1 aliphatic carbocycles. The molecule has 4 nitrogen and oxygen atoms in total. The van der Waals surface area contributed by atoms with Gasteiger partial charge >= 0.3 is 5.97 Å². The number of carbonyl (C=O) groups excluding carboxylic acids is 1. The molecule has 0 spiro atoms. The van der Waals surface area contributed by atoms with Crippen molar-refractivity contribution in [3.05, 3.63) is 23.5 Å². The van der Waals surface area contributed by atoms with Crippen LogP contribution in [-0.2, 0) is 9.53 Å². The monoisotopic (exact) mass is 202 g/mol. The average Bonchev–Trinajstić information content (AvgIpc) is 3.10. The fourth-order valence-corrected chi connectivity index (χ4v) is 1.17. The highest BCUT2D eigenvalue weighted by molar-refractivity contribution is 5.88. The van der Waals surface area contributed by atoms with Gasteiger partial charge in [0.1, 0.15) is 5.69 Å². The Balaban J connectivity index is 2.08. The lowest BCUT2D eigenvalue weighted by Gasteiger charge is -1.93. The van der Waals surface area contributed by atoms with Crippen LogP contribution in [0, 0.1) is 11.8 Å². The van der Waals surface area contributed by atoms with Gasteiger partial charge in [0.05, 0.1) is 12.8 Å². The highest BCUT2D eigenvalue weighted by atomic mass is 16.5. The van der Waals surface area contributed by atoms with E-state index in [2.05, 4.69) is 26.8 Å². The molecule has 15 heavy (non-hydrogen) atoms.